The summed E-state index contributed by atoms with van der Waals surface area (Å²) in [6.45, 7) is 7.89. The maximum atomic E-state index is 6.10. The number of benzene rings is 1. The third-order valence-corrected chi connectivity index (χ3v) is 4.62. The molecule has 1 fully saturated rings. The summed E-state index contributed by atoms with van der Waals surface area (Å²) in [5, 5.41) is 0. The molecule has 108 valence electrons. The average Bonchev–Trinajstić information content (AvgIpc) is 3.07. The summed E-state index contributed by atoms with van der Waals surface area (Å²) >= 11 is 6.10. The molecular formula is C16H22ClN3. The van der Waals surface area contributed by atoms with E-state index in [-0.39, 0.29) is 0 Å². The van der Waals surface area contributed by atoms with Crippen molar-refractivity contribution in [3.63, 3.8) is 0 Å². The number of aromatic nitrogens is 2. The first kappa shape index (κ1) is 13.9. The van der Waals surface area contributed by atoms with E-state index in [9.17, 15) is 0 Å². The molecule has 0 radical (unpaired) electrons. The van der Waals surface area contributed by atoms with Crippen molar-refractivity contribution in [2.75, 3.05) is 13.1 Å². The van der Waals surface area contributed by atoms with E-state index in [0.717, 1.165) is 17.9 Å². The van der Waals surface area contributed by atoms with Gasteiger partial charge in [0.2, 0.25) is 0 Å². The molecule has 0 amide bonds. The Labute approximate surface area is 125 Å². The quantitative estimate of drug-likeness (QED) is 0.803. The molecule has 1 unspecified atom stereocenters. The van der Waals surface area contributed by atoms with Gasteiger partial charge in [-0.2, -0.15) is 0 Å². The van der Waals surface area contributed by atoms with E-state index >= 15 is 0 Å². The van der Waals surface area contributed by atoms with Crippen molar-refractivity contribution in [1.29, 1.82) is 0 Å². The second-order valence-electron chi connectivity index (χ2n) is 5.81. The predicted octanol–water partition coefficient (Wildman–Crippen LogP) is 3.57. The molecule has 0 spiro atoms. The van der Waals surface area contributed by atoms with Gasteiger partial charge in [-0.05, 0) is 51.4 Å². The number of rotatable bonds is 4. The van der Waals surface area contributed by atoms with Crippen LogP contribution in [0, 0.1) is 6.92 Å². The lowest BCUT2D eigenvalue weighted by Gasteiger charge is -2.25. The van der Waals surface area contributed by atoms with Gasteiger partial charge in [-0.1, -0.05) is 12.1 Å². The zero-order valence-corrected chi connectivity index (χ0v) is 13.0. The van der Waals surface area contributed by atoms with Crippen LogP contribution in [0.5, 0.6) is 0 Å². The number of para-hydroxylation sites is 1. The molecular weight excluding hydrogens is 270 g/mol. The number of alkyl halides is 1. The van der Waals surface area contributed by atoms with Gasteiger partial charge in [0.05, 0.1) is 16.9 Å². The summed E-state index contributed by atoms with van der Waals surface area (Å²) < 4.78 is 2.32. The van der Waals surface area contributed by atoms with Crippen molar-refractivity contribution < 1.29 is 0 Å². The fraction of sp³-hybridized carbons (Fsp3) is 0.562. The number of fused-ring (bicyclic) bond motifs is 1. The van der Waals surface area contributed by atoms with Crippen LogP contribution in [0.25, 0.3) is 11.0 Å². The number of nitrogens with zero attached hydrogens (tertiary/aromatic N) is 3. The fourth-order valence-electron chi connectivity index (χ4n) is 3.27. The summed E-state index contributed by atoms with van der Waals surface area (Å²) in [5.74, 6) is 1.46. The molecule has 1 aromatic carbocycles. The molecule has 4 heteroatoms. The molecule has 0 N–H and O–H groups in total. The van der Waals surface area contributed by atoms with Crippen LogP contribution in [0.3, 0.4) is 0 Å². The third kappa shape index (κ3) is 2.45. The topological polar surface area (TPSA) is 21.1 Å². The van der Waals surface area contributed by atoms with Crippen LogP contribution in [0.15, 0.2) is 18.2 Å². The fourth-order valence-corrected chi connectivity index (χ4v) is 3.48. The Balaban J connectivity index is 1.96. The van der Waals surface area contributed by atoms with E-state index in [1.807, 2.05) is 0 Å². The molecule has 1 saturated heterocycles. The Hall–Kier alpha value is -1.06. The van der Waals surface area contributed by atoms with E-state index in [0.29, 0.717) is 11.9 Å². The second kappa shape index (κ2) is 5.74. The lowest BCUT2D eigenvalue weighted by molar-refractivity contribution is 0.236. The minimum atomic E-state index is 0.473. The zero-order chi connectivity index (χ0) is 14.1. The Morgan fingerprint density at radius 2 is 2.05 bits per heavy atom. The Morgan fingerprint density at radius 3 is 2.75 bits per heavy atom. The van der Waals surface area contributed by atoms with Gasteiger partial charge in [0.15, 0.2) is 0 Å². The number of hydrogen-bond acceptors (Lipinski definition) is 2. The van der Waals surface area contributed by atoms with Crippen LogP contribution in [0.2, 0.25) is 0 Å². The maximum absolute atomic E-state index is 6.10. The summed E-state index contributed by atoms with van der Waals surface area (Å²) in [6.07, 6.45) is 2.66. The van der Waals surface area contributed by atoms with Crippen LogP contribution < -0.4 is 0 Å². The summed E-state index contributed by atoms with van der Waals surface area (Å²) in [6, 6.07) is 6.84. The number of halogens is 1. The Morgan fingerprint density at radius 1 is 1.30 bits per heavy atom. The minimum Gasteiger partial charge on any atom is -0.325 e. The highest BCUT2D eigenvalue weighted by molar-refractivity contribution is 6.16. The monoisotopic (exact) mass is 291 g/mol. The maximum Gasteiger partial charge on any atom is 0.124 e. The Bertz CT molecular complexity index is 599. The van der Waals surface area contributed by atoms with Gasteiger partial charge in [0, 0.05) is 12.6 Å². The smallest absolute Gasteiger partial charge is 0.124 e. The van der Waals surface area contributed by atoms with Crippen molar-refractivity contribution in [1.82, 2.24) is 14.5 Å². The first-order valence-corrected chi connectivity index (χ1v) is 7.99. The molecule has 3 nitrogen and oxygen atoms in total. The van der Waals surface area contributed by atoms with Gasteiger partial charge < -0.3 is 4.57 Å². The van der Waals surface area contributed by atoms with Crippen LogP contribution in [-0.2, 0) is 12.4 Å². The van der Waals surface area contributed by atoms with Crippen molar-refractivity contribution in [3.8, 4) is 0 Å². The summed E-state index contributed by atoms with van der Waals surface area (Å²) in [4.78, 5) is 7.26. The van der Waals surface area contributed by atoms with Gasteiger partial charge >= 0.3 is 0 Å². The highest BCUT2D eigenvalue weighted by atomic mass is 35.5. The first-order valence-electron chi connectivity index (χ1n) is 7.45. The van der Waals surface area contributed by atoms with E-state index in [1.54, 1.807) is 0 Å². The molecule has 1 aromatic heterocycles. The van der Waals surface area contributed by atoms with Crippen molar-refractivity contribution in [2.24, 2.45) is 0 Å². The minimum absolute atomic E-state index is 0.473. The van der Waals surface area contributed by atoms with Crippen LogP contribution in [-0.4, -0.2) is 33.6 Å². The number of aryl methyl sites for hydroxylation is 1. The molecule has 0 aliphatic carbocycles. The van der Waals surface area contributed by atoms with Gasteiger partial charge in [0.1, 0.15) is 5.82 Å². The summed E-state index contributed by atoms with van der Waals surface area (Å²) in [5.41, 5.74) is 3.59. The first-order chi connectivity index (χ1) is 9.70. The molecule has 2 aromatic rings. The molecule has 20 heavy (non-hydrogen) atoms. The van der Waals surface area contributed by atoms with Crippen molar-refractivity contribution in [3.05, 3.63) is 29.6 Å². The van der Waals surface area contributed by atoms with Crippen LogP contribution >= 0.6 is 11.6 Å². The van der Waals surface area contributed by atoms with Gasteiger partial charge in [-0.15, -0.1) is 11.6 Å². The zero-order valence-electron chi connectivity index (χ0n) is 12.3. The lowest BCUT2D eigenvalue weighted by Crippen LogP contribution is -2.34. The normalized spacial score (nSPS) is 17.9. The molecule has 1 aliphatic rings. The largest absolute Gasteiger partial charge is 0.325 e. The highest BCUT2D eigenvalue weighted by Gasteiger charge is 2.21. The standard InChI is InChI=1S/C16H22ClN3/c1-12-6-5-7-14-16(12)20(15(10-17)18-14)11-13(2)19-8-3-4-9-19/h5-7,13H,3-4,8-11H2,1-2H3. The van der Waals surface area contributed by atoms with Gasteiger partial charge in [-0.3, -0.25) is 4.90 Å². The van der Waals surface area contributed by atoms with E-state index in [2.05, 4.69) is 46.5 Å². The highest BCUT2D eigenvalue weighted by Crippen LogP contribution is 2.23. The second-order valence-corrected chi connectivity index (χ2v) is 6.07. The third-order valence-electron chi connectivity index (χ3n) is 4.38. The predicted molar refractivity (Wildman–Crippen MR) is 84.3 cm³/mol. The summed E-state index contributed by atoms with van der Waals surface area (Å²) in [7, 11) is 0. The molecule has 1 aliphatic heterocycles. The van der Waals surface area contributed by atoms with Crippen LogP contribution in [0.4, 0.5) is 0 Å². The number of imidazole rings is 1. The Kier molecular flexibility index (Phi) is 3.99. The van der Waals surface area contributed by atoms with E-state index < -0.39 is 0 Å². The SMILES string of the molecule is Cc1cccc2nc(CCl)n(CC(C)N3CCCC3)c12. The molecule has 3 rings (SSSR count). The molecule has 1 atom stereocenters. The average molecular weight is 292 g/mol. The lowest BCUT2D eigenvalue weighted by atomic mass is 10.2. The number of likely N-dealkylation sites (tertiary alicyclic amines) is 1. The van der Waals surface area contributed by atoms with Crippen molar-refractivity contribution >= 4 is 22.6 Å². The van der Waals surface area contributed by atoms with Gasteiger partial charge in [-0.25, -0.2) is 4.98 Å². The van der Waals surface area contributed by atoms with E-state index in [1.165, 1.54) is 37.0 Å². The number of hydrogen-bond donors (Lipinski definition) is 0. The van der Waals surface area contributed by atoms with Crippen molar-refractivity contribution in [2.45, 2.75) is 45.2 Å². The molecule has 0 saturated carbocycles. The molecule has 0 bridgehead atoms. The van der Waals surface area contributed by atoms with Gasteiger partial charge in [0.25, 0.3) is 0 Å². The van der Waals surface area contributed by atoms with E-state index in [4.69, 9.17) is 11.6 Å². The van der Waals surface area contributed by atoms with Crippen LogP contribution in [0.1, 0.15) is 31.2 Å². The molecule has 2 heterocycles.